The molecule has 23 heavy (non-hydrogen) atoms. The van der Waals surface area contributed by atoms with Crippen molar-refractivity contribution in [3.8, 4) is 0 Å². The first kappa shape index (κ1) is 13.8. The van der Waals surface area contributed by atoms with Gasteiger partial charge in [0.25, 0.3) is 11.9 Å². The Morgan fingerprint density at radius 2 is 2.04 bits per heavy atom. The normalized spacial score (nSPS) is 20.3. The molecule has 7 nitrogen and oxygen atoms in total. The molecule has 1 aliphatic heterocycles. The second kappa shape index (κ2) is 5.42. The molecule has 1 aliphatic carbocycles. The van der Waals surface area contributed by atoms with Crippen LogP contribution < -0.4 is 4.90 Å². The number of carbonyl (C=O) groups is 2. The van der Waals surface area contributed by atoms with Crippen molar-refractivity contribution in [2.24, 2.45) is 4.99 Å². The number of benzene rings is 1. The lowest BCUT2D eigenvalue weighted by Gasteiger charge is -2.09. The quantitative estimate of drug-likeness (QED) is 0.788. The Hall–Kier alpha value is -2.83. The first-order valence-electron chi connectivity index (χ1n) is 7.50. The lowest BCUT2D eigenvalue weighted by Crippen LogP contribution is -2.32. The largest absolute Gasteiger partial charge is 0.337 e. The molecule has 4 rings (SSSR count). The van der Waals surface area contributed by atoms with Gasteiger partial charge in [0.05, 0.1) is 0 Å². The summed E-state index contributed by atoms with van der Waals surface area (Å²) >= 11 is 0. The molecule has 2 heterocycles. The van der Waals surface area contributed by atoms with E-state index in [9.17, 15) is 9.59 Å². The van der Waals surface area contributed by atoms with Crippen molar-refractivity contribution in [2.75, 3.05) is 4.90 Å². The van der Waals surface area contributed by atoms with Gasteiger partial charge < -0.3 is 4.52 Å². The van der Waals surface area contributed by atoms with Crippen LogP contribution in [0.15, 0.2) is 39.8 Å². The zero-order valence-corrected chi connectivity index (χ0v) is 12.3. The second-order valence-electron chi connectivity index (χ2n) is 5.69. The zero-order valence-electron chi connectivity index (χ0n) is 12.3. The molecule has 1 atom stereocenters. The third-order valence-electron chi connectivity index (χ3n) is 3.93. The van der Waals surface area contributed by atoms with E-state index in [4.69, 9.17) is 4.52 Å². The first-order chi connectivity index (χ1) is 11.2. The number of aromatic nitrogens is 2. The fraction of sp³-hybridized carbons (Fsp3) is 0.312. The summed E-state index contributed by atoms with van der Waals surface area (Å²) < 4.78 is 5.15. The van der Waals surface area contributed by atoms with Crippen LogP contribution in [0.4, 0.5) is 5.95 Å². The van der Waals surface area contributed by atoms with Gasteiger partial charge in [-0.1, -0.05) is 30.3 Å². The van der Waals surface area contributed by atoms with Crippen LogP contribution in [0.25, 0.3) is 0 Å². The van der Waals surface area contributed by atoms with E-state index in [1.807, 2.05) is 6.07 Å². The number of carbonyl (C=O) groups excluding carboxylic acids is 2. The van der Waals surface area contributed by atoms with E-state index in [2.05, 4.69) is 15.1 Å². The number of hydrogen-bond acceptors (Lipinski definition) is 6. The smallest absolute Gasteiger partial charge is 0.278 e. The standard InChI is InChI=1S/C16H14N4O3/c21-13(10-4-2-1-3-5-10)8-12-15(22)20(9-17-12)16-18-14(23-19-16)11-6-7-11/h1-5,9,11-12H,6-8H2. The van der Waals surface area contributed by atoms with E-state index in [-0.39, 0.29) is 24.1 Å². The van der Waals surface area contributed by atoms with Crippen molar-refractivity contribution in [2.45, 2.75) is 31.2 Å². The van der Waals surface area contributed by atoms with Gasteiger partial charge in [-0.3, -0.25) is 14.6 Å². The Morgan fingerprint density at radius 3 is 2.78 bits per heavy atom. The third-order valence-corrected chi connectivity index (χ3v) is 3.93. The number of hydrogen-bond donors (Lipinski definition) is 0. The number of nitrogens with zero attached hydrogens (tertiary/aromatic N) is 4. The summed E-state index contributed by atoms with van der Waals surface area (Å²) in [5.41, 5.74) is 0.574. The van der Waals surface area contributed by atoms with E-state index < -0.39 is 6.04 Å². The average Bonchev–Trinajstić information content (AvgIpc) is 3.21. The highest BCUT2D eigenvalue weighted by Crippen LogP contribution is 2.39. The Kier molecular flexibility index (Phi) is 3.25. The Bertz CT molecular complexity index is 780. The van der Waals surface area contributed by atoms with Crippen LogP contribution in [-0.2, 0) is 4.79 Å². The van der Waals surface area contributed by atoms with Crippen molar-refractivity contribution in [1.82, 2.24) is 10.1 Å². The molecule has 2 aliphatic rings. The number of anilines is 1. The van der Waals surface area contributed by atoms with E-state index >= 15 is 0 Å². The molecule has 1 unspecified atom stereocenters. The van der Waals surface area contributed by atoms with E-state index in [0.717, 1.165) is 12.8 Å². The Balaban J connectivity index is 1.45. The van der Waals surface area contributed by atoms with Crippen LogP contribution in [0.1, 0.15) is 41.4 Å². The van der Waals surface area contributed by atoms with Gasteiger partial charge in [0.15, 0.2) is 5.78 Å². The molecular weight excluding hydrogens is 296 g/mol. The van der Waals surface area contributed by atoms with Crippen LogP contribution in [0.3, 0.4) is 0 Å². The highest BCUT2D eigenvalue weighted by atomic mass is 16.5. The van der Waals surface area contributed by atoms with Gasteiger partial charge >= 0.3 is 0 Å². The average molecular weight is 310 g/mol. The highest BCUT2D eigenvalue weighted by Gasteiger charge is 2.36. The van der Waals surface area contributed by atoms with Crippen LogP contribution >= 0.6 is 0 Å². The fourth-order valence-electron chi connectivity index (χ4n) is 2.46. The lowest BCUT2D eigenvalue weighted by atomic mass is 10.0. The molecule has 7 heteroatoms. The van der Waals surface area contributed by atoms with Crippen molar-refractivity contribution < 1.29 is 14.1 Å². The van der Waals surface area contributed by atoms with Crippen molar-refractivity contribution in [1.29, 1.82) is 0 Å². The van der Waals surface area contributed by atoms with Crippen LogP contribution in [0, 0.1) is 0 Å². The molecule has 1 aromatic heterocycles. The van der Waals surface area contributed by atoms with Gasteiger partial charge in [0.1, 0.15) is 12.4 Å². The summed E-state index contributed by atoms with van der Waals surface area (Å²) in [6, 6.07) is 8.14. The molecule has 0 saturated heterocycles. The molecule has 0 radical (unpaired) electrons. The maximum atomic E-state index is 12.4. The monoisotopic (exact) mass is 310 g/mol. The minimum atomic E-state index is -0.731. The SMILES string of the molecule is O=C(CC1N=CN(c2noc(C3CC3)n2)C1=O)c1ccccc1. The topological polar surface area (TPSA) is 88.7 Å². The molecule has 0 bridgehead atoms. The molecule has 1 amide bonds. The number of aliphatic imine (C=N–C) groups is 1. The van der Waals surface area contributed by atoms with Crippen LogP contribution in [0.2, 0.25) is 0 Å². The van der Waals surface area contributed by atoms with Crippen molar-refractivity contribution in [3.05, 3.63) is 41.8 Å². The molecule has 1 fully saturated rings. The van der Waals surface area contributed by atoms with E-state index in [1.165, 1.54) is 11.2 Å². The molecule has 116 valence electrons. The Labute approximate surface area is 132 Å². The lowest BCUT2D eigenvalue weighted by molar-refractivity contribution is -0.118. The molecule has 1 saturated carbocycles. The van der Waals surface area contributed by atoms with E-state index in [1.54, 1.807) is 24.3 Å². The minimum absolute atomic E-state index is 0.0309. The molecular formula is C16H14N4O3. The second-order valence-corrected chi connectivity index (χ2v) is 5.69. The summed E-state index contributed by atoms with van der Waals surface area (Å²) in [4.78, 5) is 34.2. The minimum Gasteiger partial charge on any atom is -0.337 e. The predicted molar refractivity (Wildman–Crippen MR) is 81.4 cm³/mol. The van der Waals surface area contributed by atoms with Gasteiger partial charge in [0.2, 0.25) is 5.89 Å². The molecule has 1 aromatic carbocycles. The summed E-state index contributed by atoms with van der Waals surface area (Å²) in [6.45, 7) is 0. The number of Topliss-reactive ketones (excluding diaryl/α,β-unsaturated/α-hetero) is 1. The van der Waals surface area contributed by atoms with Crippen molar-refractivity contribution in [3.63, 3.8) is 0 Å². The third kappa shape index (κ3) is 2.65. The van der Waals surface area contributed by atoms with Crippen LogP contribution in [0.5, 0.6) is 0 Å². The highest BCUT2D eigenvalue weighted by molar-refractivity contribution is 6.15. The fourth-order valence-corrected chi connectivity index (χ4v) is 2.46. The van der Waals surface area contributed by atoms with Crippen molar-refractivity contribution >= 4 is 24.0 Å². The van der Waals surface area contributed by atoms with Crippen LogP contribution in [-0.4, -0.2) is 34.2 Å². The van der Waals surface area contributed by atoms with E-state index in [0.29, 0.717) is 17.4 Å². The summed E-state index contributed by atoms with van der Waals surface area (Å²) in [7, 11) is 0. The number of amides is 1. The molecule has 0 N–H and O–H groups in total. The van der Waals surface area contributed by atoms with Gasteiger partial charge in [-0.05, 0) is 18.0 Å². The zero-order chi connectivity index (χ0) is 15.8. The molecule has 2 aromatic rings. The van der Waals surface area contributed by atoms with Gasteiger partial charge in [0, 0.05) is 17.9 Å². The number of ketones is 1. The maximum absolute atomic E-state index is 12.4. The number of rotatable bonds is 5. The van der Waals surface area contributed by atoms with Gasteiger partial charge in [-0.15, -0.1) is 0 Å². The first-order valence-corrected chi connectivity index (χ1v) is 7.50. The summed E-state index contributed by atoms with van der Waals surface area (Å²) in [5.74, 6) is 0.647. The molecule has 0 spiro atoms. The summed E-state index contributed by atoms with van der Waals surface area (Å²) in [6.07, 6.45) is 3.48. The Morgan fingerprint density at radius 1 is 1.26 bits per heavy atom. The summed E-state index contributed by atoms with van der Waals surface area (Å²) in [5, 5.41) is 3.82. The predicted octanol–water partition coefficient (Wildman–Crippen LogP) is 1.96. The maximum Gasteiger partial charge on any atom is 0.278 e. The van der Waals surface area contributed by atoms with Gasteiger partial charge in [-0.2, -0.15) is 4.98 Å². The van der Waals surface area contributed by atoms with Gasteiger partial charge in [-0.25, -0.2) is 4.90 Å².